The van der Waals surface area contributed by atoms with Crippen LogP contribution in [0.5, 0.6) is 0 Å². The van der Waals surface area contributed by atoms with Gasteiger partial charge >= 0.3 is 7.25 Å². The molecule has 1 aromatic rings. The third kappa shape index (κ3) is 25.5. The van der Waals surface area contributed by atoms with Crippen molar-refractivity contribution in [1.82, 2.24) is 0 Å². The fourth-order valence-corrected chi connectivity index (χ4v) is 5.13. The summed E-state index contributed by atoms with van der Waals surface area (Å²) >= 11 is 0. The largest absolute Gasteiger partial charge is 0.673 e. The molecule has 0 aliphatic rings. The molecule has 0 aliphatic carbocycles. The third-order valence-corrected chi connectivity index (χ3v) is 7.43. The van der Waals surface area contributed by atoms with Gasteiger partial charge in [-0.1, -0.05) is 115 Å². The molecule has 182 valence electrons. The Morgan fingerprint density at radius 1 is 0.581 bits per heavy atom. The van der Waals surface area contributed by atoms with Gasteiger partial charge < -0.3 is 17.3 Å². The Balaban J connectivity index is 0.00000161. The number of hydrogen-bond donors (Lipinski definition) is 0. The van der Waals surface area contributed by atoms with Crippen molar-refractivity contribution in [2.24, 2.45) is 0 Å². The van der Waals surface area contributed by atoms with E-state index in [-0.39, 0.29) is 0 Å². The minimum absolute atomic E-state index is 0.449. The van der Waals surface area contributed by atoms with Crippen LogP contribution in [0.4, 0.5) is 17.3 Å². The van der Waals surface area contributed by atoms with Crippen LogP contribution >= 0.6 is 0 Å². The molecular weight excluding hydrogens is 419 g/mol. The Morgan fingerprint density at radius 2 is 0.903 bits per heavy atom. The minimum Gasteiger partial charge on any atom is -0.418 e. The molecule has 0 spiro atoms. The standard InChI is InChI=1S/C25H45S.BF4/c1-3-4-5-6-7-8-9-10-11-12-13-14-15-16-17-21-24-26(2)25-22-19-18-20-23-25;2-1(3,4)5/h18-20,22-23H,3-17,21,24H2,1-2H3;/q+1;-1. The van der Waals surface area contributed by atoms with Crippen LogP contribution in [0.25, 0.3) is 0 Å². The first-order valence-corrected chi connectivity index (χ1v) is 14.2. The molecule has 0 heterocycles. The van der Waals surface area contributed by atoms with E-state index < -0.39 is 7.25 Å². The van der Waals surface area contributed by atoms with E-state index >= 15 is 0 Å². The monoisotopic (exact) mass is 464 g/mol. The molecule has 0 N–H and O–H groups in total. The van der Waals surface area contributed by atoms with Crippen LogP contribution in [-0.2, 0) is 10.9 Å². The van der Waals surface area contributed by atoms with Crippen molar-refractivity contribution < 1.29 is 17.3 Å². The summed E-state index contributed by atoms with van der Waals surface area (Å²) in [5, 5.41) is 0. The van der Waals surface area contributed by atoms with E-state index in [4.69, 9.17) is 0 Å². The summed E-state index contributed by atoms with van der Waals surface area (Å²) in [5.41, 5.74) is 0. The smallest absolute Gasteiger partial charge is 0.418 e. The molecule has 1 unspecified atom stereocenters. The van der Waals surface area contributed by atoms with Gasteiger partial charge in [0, 0.05) is 10.9 Å². The summed E-state index contributed by atoms with van der Waals surface area (Å²) in [4.78, 5) is 1.54. The Morgan fingerprint density at radius 3 is 1.26 bits per heavy atom. The maximum absolute atomic E-state index is 9.75. The predicted molar refractivity (Wildman–Crippen MR) is 133 cm³/mol. The molecule has 0 saturated carbocycles. The van der Waals surface area contributed by atoms with E-state index in [9.17, 15) is 17.3 Å². The maximum atomic E-state index is 9.75. The van der Waals surface area contributed by atoms with Crippen molar-refractivity contribution in [3.05, 3.63) is 30.3 Å². The van der Waals surface area contributed by atoms with E-state index in [1.807, 2.05) is 0 Å². The topological polar surface area (TPSA) is 0 Å². The average molecular weight is 465 g/mol. The second kappa shape index (κ2) is 21.2. The normalized spacial score (nSPS) is 12.3. The molecule has 0 amide bonds. The molecule has 6 heteroatoms. The van der Waals surface area contributed by atoms with Crippen LogP contribution in [-0.4, -0.2) is 19.3 Å². The minimum atomic E-state index is -6.00. The lowest BCUT2D eigenvalue weighted by atomic mass is 10.0. The molecular formula is C25H45BF4S. The summed E-state index contributed by atoms with van der Waals surface area (Å²) in [6.45, 7) is 2.30. The summed E-state index contributed by atoms with van der Waals surface area (Å²) in [7, 11) is -5.55. The Labute approximate surface area is 192 Å². The van der Waals surface area contributed by atoms with Gasteiger partial charge in [0.05, 0.1) is 0 Å². The summed E-state index contributed by atoms with van der Waals surface area (Å²) in [6.07, 6.45) is 25.7. The lowest BCUT2D eigenvalue weighted by Gasteiger charge is -2.04. The van der Waals surface area contributed by atoms with E-state index in [0.717, 1.165) is 0 Å². The molecule has 31 heavy (non-hydrogen) atoms. The highest BCUT2D eigenvalue weighted by Gasteiger charge is 2.20. The van der Waals surface area contributed by atoms with Crippen molar-refractivity contribution >= 4 is 18.1 Å². The molecule has 0 fully saturated rings. The molecule has 1 rings (SSSR count). The molecule has 1 aromatic carbocycles. The number of rotatable bonds is 18. The van der Waals surface area contributed by atoms with Crippen molar-refractivity contribution in [1.29, 1.82) is 0 Å². The number of hydrogen-bond acceptors (Lipinski definition) is 0. The van der Waals surface area contributed by atoms with Crippen molar-refractivity contribution in [3.63, 3.8) is 0 Å². The first-order chi connectivity index (χ1) is 14.8. The van der Waals surface area contributed by atoms with E-state index in [1.165, 1.54) is 113 Å². The summed E-state index contributed by atoms with van der Waals surface area (Å²) < 4.78 is 39.0. The Kier molecular flexibility index (Phi) is 20.8. The molecule has 0 aliphatic heterocycles. The summed E-state index contributed by atoms with van der Waals surface area (Å²) in [6, 6.07) is 11.0. The fraction of sp³-hybridized carbons (Fsp3) is 0.760. The predicted octanol–water partition coefficient (Wildman–Crippen LogP) is 9.86. The van der Waals surface area contributed by atoms with Gasteiger partial charge in [0.2, 0.25) is 0 Å². The van der Waals surface area contributed by atoms with Gasteiger partial charge in [-0.25, -0.2) is 0 Å². The van der Waals surface area contributed by atoms with Gasteiger partial charge in [-0.15, -0.1) is 0 Å². The quantitative estimate of drug-likeness (QED) is 0.0878. The van der Waals surface area contributed by atoms with Gasteiger partial charge in [0.15, 0.2) is 4.90 Å². The number of benzene rings is 1. The van der Waals surface area contributed by atoms with Crippen LogP contribution in [0.3, 0.4) is 0 Å². The Hall–Kier alpha value is -0.645. The highest BCUT2D eigenvalue weighted by atomic mass is 32.2. The van der Waals surface area contributed by atoms with Crippen LogP contribution in [0, 0.1) is 0 Å². The second-order valence-electron chi connectivity index (χ2n) is 8.45. The van der Waals surface area contributed by atoms with Gasteiger partial charge in [-0.3, -0.25) is 0 Å². The average Bonchev–Trinajstić information content (AvgIpc) is 2.72. The molecule has 0 radical (unpaired) electrons. The van der Waals surface area contributed by atoms with Crippen molar-refractivity contribution in [3.8, 4) is 0 Å². The van der Waals surface area contributed by atoms with Crippen LogP contribution < -0.4 is 0 Å². The number of unbranched alkanes of at least 4 members (excludes halogenated alkanes) is 15. The molecule has 0 saturated heterocycles. The van der Waals surface area contributed by atoms with Gasteiger partial charge in [0.1, 0.15) is 12.0 Å². The second-order valence-corrected chi connectivity index (χ2v) is 10.6. The van der Waals surface area contributed by atoms with Gasteiger partial charge in [-0.05, 0) is 25.0 Å². The molecule has 0 nitrogen and oxygen atoms in total. The molecule has 1 atom stereocenters. The highest BCUT2D eigenvalue weighted by molar-refractivity contribution is 7.96. The first kappa shape index (κ1) is 30.4. The lowest BCUT2D eigenvalue weighted by molar-refractivity contribution is 0.368. The summed E-state index contributed by atoms with van der Waals surface area (Å²) in [5.74, 6) is 1.38. The highest BCUT2D eigenvalue weighted by Crippen LogP contribution is 2.16. The zero-order valence-electron chi connectivity index (χ0n) is 19.9. The molecule has 0 aromatic heterocycles. The SMILES string of the molecule is CCCCCCCCCCCCCCCCCC[S+](C)c1ccccc1.F[B-](F)(F)F. The lowest BCUT2D eigenvalue weighted by Crippen LogP contribution is -2.05. The van der Waals surface area contributed by atoms with Crippen molar-refractivity contribution in [2.45, 2.75) is 115 Å². The van der Waals surface area contributed by atoms with Crippen LogP contribution in [0.1, 0.15) is 110 Å². The van der Waals surface area contributed by atoms with Gasteiger partial charge in [-0.2, -0.15) is 0 Å². The zero-order chi connectivity index (χ0) is 23.2. The Bertz CT molecular complexity index is 476. The maximum Gasteiger partial charge on any atom is 0.673 e. The molecule has 0 bridgehead atoms. The third-order valence-electron chi connectivity index (χ3n) is 5.45. The van der Waals surface area contributed by atoms with E-state index in [1.54, 1.807) is 0 Å². The van der Waals surface area contributed by atoms with E-state index in [2.05, 4.69) is 43.5 Å². The van der Waals surface area contributed by atoms with E-state index in [0.29, 0.717) is 10.9 Å². The zero-order valence-corrected chi connectivity index (χ0v) is 20.7. The van der Waals surface area contributed by atoms with Crippen LogP contribution in [0.2, 0.25) is 0 Å². The van der Waals surface area contributed by atoms with Crippen molar-refractivity contribution in [2.75, 3.05) is 12.0 Å². The number of halogens is 4. The first-order valence-electron chi connectivity index (χ1n) is 12.4. The van der Waals surface area contributed by atoms with Gasteiger partial charge in [0.25, 0.3) is 0 Å². The fourth-order valence-electron chi connectivity index (χ4n) is 3.64. The van der Waals surface area contributed by atoms with Crippen LogP contribution in [0.15, 0.2) is 35.2 Å².